The highest BCUT2D eigenvalue weighted by Gasteiger charge is 2.19. The van der Waals surface area contributed by atoms with Gasteiger partial charge in [-0.1, -0.05) is 35.5 Å². The molecule has 6 nitrogen and oxygen atoms in total. The second-order valence-electron chi connectivity index (χ2n) is 7.23. The SMILES string of the molecule is Cc1ccc(Cl)c(OC(C)c2nnc(SCC(=O)Nc3ccc(C)c(C)c3)n2C)c1. The standard InChI is InChI=1S/C22H25ClN4O2S/c1-13-6-9-18(23)19(10-13)29-16(4)21-25-26-22(27(21)5)30-12-20(28)24-17-8-7-14(2)15(3)11-17/h6-11,16H,12H2,1-5H3,(H,24,28). The molecule has 0 radical (unpaired) electrons. The van der Waals surface area contributed by atoms with E-state index in [-0.39, 0.29) is 17.8 Å². The van der Waals surface area contributed by atoms with Crippen LogP contribution in [0.1, 0.15) is 35.5 Å². The number of nitrogens with zero attached hydrogens (tertiary/aromatic N) is 3. The van der Waals surface area contributed by atoms with Gasteiger partial charge in [-0.3, -0.25) is 4.79 Å². The van der Waals surface area contributed by atoms with Crippen LogP contribution in [0.4, 0.5) is 5.69 Å². The van der Waals surface area contributed by atoms with Gasteiger partial charge in [0.25, 0.3) is 0 Å². The second-order valence-corrected chi connectivity index (χ2v) is 8.58. The molecule has 0 aliphatic rings. The Balaban J connectivity index is 1.61. The van der Waals surface area contributed by atoms with Crippen molar-refractivity contribution in [1.29, 1.82) is 0 Å². The van der Waals surface area contributed by atoms with Gasteiger partial charge in [-0.25, -0.2) is 0 Å². The van der Waals surface area contributed by atoms with Gasteiger partial charge in [0.1, 0.15) is 5.75 Å². The predicted octanol–water partition coefficient (Wildman–Crippen LogP) is 5.26. The number of nitrogens with one attached hydrogen (secondary N) is 1. The lowest BCUT2D eigenvalue weighted by Crippen LogP contribution is -2.15. The average Bonchev–Trinajstić information content (AvgIpc) is 3.06. The lowest BCUT2D eigenvalue weighted by molar-refractivity contribution is -0.113. The van der Waals surface area contributed by atoms with E-state index in [1.807, 2.05) is 75.7 Å². The van der Waals surface area contributed by atoms with Crippen molar-refractivity contribution in [2.24, 2.45) is 7.05 Å². The van der Waals surface area contributed by atoms with Crippen molar-refractivity contribution in [3.63, 3.8) is 0 Å². The van der Waals surface area contributed by atoms with Crippen LogP contribution in [-0.4, -0.2) is 26.4 Å². The van der Waals surface area contributed by atoms with Crippen LogP contribution >= 0.6 is 23.4 Å². The number of hydrogen-bond acceptors (Lipinski definition) is 5. The number of aryl methyl sites for hydroxylation is 3. The number of amides is 1. The van der Waals surface area contributed by atoms with E-state index in [1.165, 1.54) is 17.3 Å². The predicted molar refractivity (Wildman–Crippen MR) is 122 cm³/mol. The lowest BCUT2D eigenvalue weighted by Gasteiger charge is -2.15. The molecular formula is C22H25ClN4O2S. The van der Waals surface area contributed by atoms with Gasteiger partial charge in [0.2, 0.25) is 5.91 Å². The molecule has 1 heterocycles. The zero-order valence-electron chi connectivity index (χ0n) is 17.7. The number of thioether (sulfide) groups is 1. The molecule has 30 heavy (non-hydrogen) atoms. The number of carbonyl (C=O) groups excluding carboxylic acids is 1. The highest BCUT2D eigenvalue weighted by molar-refractivity contribution is 7.99. The molecular weight excluding hydrogens is 420 g/mol. The Kier molecular flexibility index (Phi) is 7.05. The zero-order chi connectivity index (χ0) is 21.8. The Bertz CT molecular complexity index is 1070. The minimum Gasteiger partial charge on any atom is -0.481 e. The first-order valence-corrected chi connectivity index (χ1v) is 10.9. The van der Waals surface area contributed by atoms with E-state index < -0.39 is 0 Å². The van der Waals surface area contributed by atoms with Crippen molar-refractivity contribution in [1.82, 2.24) is 14.8 Å². The summed E-state index contributed by atoms with van der Waals surface area (Å²) in [5, 5.41) is 12.6. The third kappa shape index (κ3) is 5.34. The highest BCUT2D eigenvalue weighted by Crippen LogP contribution is 2.30. The van der Waals surface area contributed by atoms with Crippen LogP contribution in [0.3, 0.4) is 0 Å². The van der Waals surface area contributed by atoms with E-state index in [4.69, 9.17) is 16.3 Å². The van der Waals surface area contributed by atoms with E-state index in [2.05, 4.69) is 15.5 Å². The molecule has 8 heteroatoms. The van der Waals surface area contributed by atoms with Gasteiger partial charge in [0.15, 0.2) is 17.1 Å². The van der Waals surface area contributed by atoms with Gasteiger partial charge in [-0.15, -0.1) is 10.2 Å². The molecule has 2 aromatic carbocycles. The Labute approximate surface area is 186 Å². The maximum absolute atomic E-state index is 12.3. The summed E-state index contributed by atoms with van der Waals surface area (Å²) >= 11 is 7.55. The Hall–Kier alpha value is -2.51. The third-order valence-electron chi connectivity index (χ3n) is 4.75. The van der Waals surface area contributed by atoms with Crippen LogP contribution in [0.5, 0.6) is 5.75 Å². The van der Waals surface area contributed by atoms with E-state index >= 15 is 0 Å². The van der Waals surface area contributed by atoms with Gasteiger partial charge in [-0.2, -0.15) is 0 Å². The van der Waals surface area contributed by atoms with Crippen molar-refractivity contribution < 1.29 is 9.53 Å². The first-order chi connectivity index (χ1) is 14.2. The summed E-state index contributed by atoms with van der Waals surface area (Å²) in [6.07, 6.45) is -0.347. The molecule has 1 atom stereocenters. The number of anilines is 1. The number of ether oxygens (including phenoxy) is 1. The molecule has 3 aromatic rings. The van der Waals surface area contributed by atoms with Gasteiger partial charge >= 0.3 is 0 Å². The van der Waals surface area contributed by atoms with Crippen LogP contribution < -0.4 is 10.1 Å². The van der Waals surface area contributed by atoms with Crippen molar-refractivity contribution in [3.8, 4) is 5.75 Å². The van der Waals surface area contributed by atoms with E-state index in [0.717, 1.165) is 16.8 Å². The number of aromatic nitrogens is 3. The summed E-state index contributed by atoms with van der Waals surface area (Å²) in [5.41, 5.74) is 4.18. The minimum atomic E-state index is -0.347. The molecule has 0 fully saturated rings. The molecule has 1 unspecified atom stereocenters. The summed E-state index contributed by atoms with van der Waals surface area (Å²) in [4.78, 5) is 12.3. The molecule has 0 saturated heterocycles. The summed E-state index contributed by atoms with van der Waals surface area (Å²) < 4.78 is 7.82. The Morgan fingerprint density at radius 3 is 2.67 bits per heavy atom. The number of rotatable bonds is 7. The fourth-order valence-corrected chi connectivity index (χ4v) is 3.78. The minimum absolute atomic E-state index is 0.0938. The first-order valence-electron chi connectivity index (χ1n) is 9.56. The molecule has 0 aliphatic heterocycles. The van der Waals surface area contributed by atoms with Gasteiger partial charge in [-0.05, 0) is 68.7 Å². The van der Waals surface area contributed by atoms with Crippen LogP contribution in [0.25, 0.3) is 0 Å². The number of halogens is 1. The Morgan fingerprint density at radius 1 is 1.17 bits per heavy atom. The van der Waals surface area contributed by atoms with Crippen LogP contribution in [0.2, 0.25) is 5.02 Å². The summed E-state index contributed by atoms with van der Waals surface area (Å²) in [6, 6.07) is 11.5. The lowest BCUT2D eigenvalue weighted by atomic mass is 10.1. The van der Waals surface area contributed by atoms with Crippen molar-refractivity contribution in [2.45, 2.75) is 39.0 Å². The molecule has 1 N–H and O–H groups in total. The molecule has 1 aromatic heterocycles. The van der Waals surface area contributed by atoms with Crippen molar-refractivity contribution in [3.05, 3.63) is 63.9 Å². The fourth-order valence-electron chi connectivity index (χ4n) is 2.90. The third-order valence-corrected chi connectivity index (χ3v) is 6.08. The number of benzene rings is 2. The van der Waals surface area contributed by atoms with Crippen LogP contribution in [0, 0.1) is 20.8 Å². The first kappa shape index (κ1) is 22.2. The summed E-state index contributed by atoms with van der Waals surface area (Å²) in [7, 11) is 1.86. The van der Waals surface area contributed by atoms with Crippen molar-refractivity contribution >= 4 is 35.0 Å². The molecule has 0 spiro atoms. The molecule has 1 amide bonds. The molecule has 0 aliphatic carbocycles. The van der Waals surface area contributed by atoms with E-state index in [1.54, 1.807) is 0 Å². The average molecular weight is 445 g/mol. The Morgan fingerprint density at radius 2 is 1.93 bits per heavy atom. The highest BCUT2D eigenvalue weighted by atomic mass is 35.5. The maximum atomic E-state index is 12.3. The second kappa shape index (κ2) is 9.53. The zero-order valence-corrected chi connectivity index (χ0v) is 19.3. The van der Waals surface area contributed by atoms with E-state index in [0.29, 0.717) is 21.8 Å². The normalized spacial score (nSPS) is 11.9. The summed E-state index contributed by atoms with van der Waals surface area (Å²) in [6.45, 7) is 7.94. The number of hydrogen-bond donors (Lipinski definition) is 1. The monoisotopic (exact) mass is 444 g/mol. The van der Waals surface area contributed by atoms with Crippen molar-refractivity contribution in [2.75, 3.05) is 11.1 Å². The molecule has 158 valence electrons. The maximum Gasteiger partial charge on any atom is 0.234 e. The smallest absolute Gasteiger partial charge is 0.234 e. The fraction of sp³-hybridized carbons (Fsp3) is 0.318. The van der Waals surface area contributed by atoms with Crippen LogP contribution in [-0.2, 0) is 11.8 Å². The van der Waals surface area contributed by atoms with Gasteiger partial charge in [0, 0.05) is 12.7 Å². The number of carbonyl (C=O) groups is 1. The molecule has 0 bridgehead atoms. The molecule has 0 saturated carbocycles. The molecule has 3 rings (SSSR count). The van der Waals surface area contributed by atoms with Crippen LogP contribution in [0.15, 0.2) is 41.6 Å². The topological polar surface area (TPSA) is 69.0 Å². The quantitative estimate of drug-likeness (QED) is 0.503. The largest absolute Gasteiger partial charge is 0.481 e. The van der Waals surface area contributed by atoms with Gasteiger partial charge < -0.3 is 14.6 Å². The summed E-state index contributed by atoms with van der Waals surface area (Å²) in [5.74, 6) is 1.40. The van der Waals surface area contributed by atoms with Gasteiger partial charge in [0.05, 0.1) is 10.8 Å². The van der Waals surface area contributed by atoms with E-state index in [9.17, 15) is 4.79 Å².